The minimum Gasteiger partial charge on any atom is -0.326 e. The molecule has 0 aliphatic heterocycles. The van der Waals surface area contributed by atoms with Crippen molar-refractivity contribution in [2.45, 2.75) is 18.7 Å². The van der Waals surface area contributed by atoms with Crippen molar-refractivity contribution in [1.82, 2.24) is 19.5 Å². The van der Waals surface area contributed by atoms with E-state index in [-0.39, 0.29) is 12.3 Å². The van der Waals surface area contributed by atoms with Crippen molar-refractivity contribution in [3.05, 3.63) is 47.5 Å². The molecule has 3 N–H and O–H groups in total. The second kappa shape index (κ2) is 6.79. The lowest BCUT2D eigenvalue weighted by molar-refractivity contribution is 0.579. The summed E-state index contributed by atoms with van der Waals surface area (Å²) in [4.78, 5) is 4.05. The van der Waals surface area contributed by atoms with Gasteiger partial charge in [0.15, 0.2) is 5.82 Å². The third kappa shape index (κ3) is 4.92. The van der Waals surface area contributed by atoms with Gasteiger partial charge in [0.2, 0.25) is 10.0 Å². The van der Waals surface area contributed by atoms with Gasteiger partial charge in [0.05, 0.1) is 5.75 Å². The standard InChI is InChI=1S/C13H19N5O2S/c1-18-10-15-13(17-18)5-6-16-21(19,20)9-12-4-2-3-11(7-12)8-14/h2-4,7,10,16H,5-6,8-9,14H2,1H3. The SMILES string of the molecule is Cn1cnc(CCNS(=O)(=O)Cc2cccc(CN)c2)n1. The van der Waals surface area contributed by atoms with Gasteiger partial charge in [-0.3, -0.25) is 4.68 Å². The first-order valence-electron chi connectivity index (χ1n) is 6.58. The van der Waals surface area contributed by atoms with Gasteiger partial charge in [-0.25, -0.2) is 18.1 Å². The molecule has 0 aliphatic carbocycles. The van der Waals surface area contributed by atoms with Crippen molar-refractivity contribution in [2.75, 3.05) is 6.54 Å². The van der Waals surface area contributed by atoms with Crippen LogP contribution in [0.15, 0.2) is 30.6 Å². The molecule has 0 fully saturated rings. The van der Waals surface area contributed by atoms with Crippen LogP contribution in [0.3, 0.4) is 0 Å². The summed E-state index contributed by atoms with van der Waals surface area (Å²) >= 11 is 0. The lowest BCUT2D eigenvalue weighted by Gasteiger charge is -2.07. The Bertz CT molecular complexity index is 696. The van der Waals surface area contributed by atoms with Crippen molar-refractivity contribution in [3.63, 3.8) is 0 Å². The number of benzene rings is 1. The molecule has 0 amide bonds. The normalized spacial score (nSPS) is 11.7. The van der Waals surface area contributed by atoms with Crippen molar-refractivity contribution in [1.29, 1.82) is 0 Å². The van der Waals surface area contributed by atoms with Crippen LogP contribution < -0.4 is 10.5 Å². The molecule has 2 rings (SSSR count). The molecule has 1 heterocycles. The minimum absolute atomic E-state index is 0.0590. The van der Waals surface area contributed by atoms with E-state index in [2.05, 4.69) is 14.8 Å². The number of hydrogen-bond acceptors (Lipinski definition) is 5. The van der Waals surface area contributed by atoms with E-state index in [0.29, 0.717) is 18.8 Å². The number of nitrogens with zero attached hydrogens (tertiary/aromatic N) is 3. The van der Waals surface area contributed by atoms with Gasteiger partial charge < -0.3 is 5.73 Å². The molecule has 0 saturated carbocycles. The van der Waals surface area contributed by atoms with Gasteiger partial charge >= 0.3 is 0 Å². The van der Waals surface area contributed by atoms with E-state index in [9.17, 15) is 8.42 Å². The van der Waals surface area contributed by atoms with Gasteiger partial charge in [0, 0.05) is 26.6 Å². The maximum absolute atomic E-state index is 12.0. The molecule has 0 spiro atoms. The highest BCUT2D eigenvalue weighted by atomic mass is 32.2. The highest BCUT2D eigenvalue weighted by Crippen LogP contribution is 2.08. The van der Waals surface area contributed by atoms with Crippen molar-refractivity contribution >= 4 is 10.0 Å². The first-order chi connectivity index (χ1) is 9.98. The molecule has 0 aliphatic rings. The predicted octanol–water partition coefficient (Wildman–Crippen LogP) is -0.0641. The average Bonchev–Trinajstić information content (AvgIpc) is 2.84. The Labute approximate surface area is 124 Å². The topological polar surface area (TPSA) is 103 Å². The summed E-state index contributed by atoms with van der Waals surface area (Å²) in [5, 5.41) is 4.09. The summed E-state index contributed by atoms with van der Waals surface area (Å²) in [6.45, 7) is 0.676. The monoisotopic (exact) mass is 309 g/mol. The van der Waals surface area contributed by atoms with Crippen LogP contribution in [0.25, 0.3) is 0 Å². The number of nitrogens with one attached hydrogen (secondary N) is 1. The van der Waals surface area contributed by atoms with Crippen LogP contribution in [-0.2, 0) is 35.8 Å². The average molecular weight is 309 g/mol. The highest BCUT2D eigenvalue weighted by molar-refractivity contribution is 7.88. The molecule has 21 heavy (non-hydrogen) atoms. The van der Waals surface area contributed by atoms with E-state index >= 15 is 0 Å². The summed E-state index contributed by atoms with van der Waals surface area (Å²) < 4.78 is 28.2. The third-order valence-electron chi connectivity index (χ3n) is 2.90. The molecule has 7 nitrogen and oxygen atoms in total. The van der Waals surface area contributed by atoms with E-state index in [4.69, 9.17) is 5.73 Å². The number of rotatable bonds is 7. The smallest absolute Gasteiger partial charge is 0.215 e. The molecule has 8 heteroatoms. The van der Waals surface area contributed by atoms with E-state index in [1.165, 1.54) is 0 Å². The Balaban J connectivity index is 1.89. The van der Waals surface area contributed by atoms with Gasteiger partial charge in [-0.1, -0.05) is 24.3 Å². The fraction of sp³-hybridized carbons (Fsp3) is 0.385. The molecule has 0 bridgehead atoms. The van der Waals surface area contributed by atoms with Crippen molar-refractivity contribution in [2.24, 2.45) is 12.8 Å². The summed E-state index contributed by atoms with van der Waals surface area (Å²) in [5.74, 6) is 0.557. The Kier molecular flexibility index (Phi) is 5.05. The molecule has 0 radical (unpaired) electrons. The zero-order chi connectivity index (χ0) is 15.3. The fourth-order valence-corrected chi connectivity index (χ4v) is 3.07. The second-order valence-electron chi connectivity index (χ2n) is 4.76. The number of sulfonamides is 1. The van der Waals surface area contributed by atoms with Crippen LogP contribution in [0, 0.1) is 0 Å². The molecular weight excluding hydrogens is 290 g/mol. The van der Waals surface area contributed by atoms with E-state index < -0.39 is 10.0 Å². The maximum Gasteiger partial charge on any atom is 0.215 e. The molecule has 0 atom stereocenters. The number of nitrogens with two attached hydrogens (primary N) is 1. The van der Waals surface area contributed by atoms with Gasteiger partial charge in [-0.05, 0) is 11.1 Å². The molecule has 0 unspecified atom stereocenters. The zero-order valence-electron chi connectivity index (χ0n) is 11.9. The highest BCUT2D eigenvalue weighted by Gasteiger charge is 2.11. The number of hydrogen-bond donors (Lipinski definition) is 2. The molecule has 1 aromatic heterocycles. The quantitative estimate of drug-likeness (QED) is 0.745. The Morgan fingerprint density at radius 3 is 2.76 bits per heavy atom. The largest absolute Gasteiger partial charge is 0.326 e. The van der Waals surface area contributed by atoms with Crippen LogP contribution in [0.4, 0.5) is 0 Å². The lowest BCUT2D eigenvalue weighted by Crippen LogP contribution is -2.27. The van der Waals surface area contributed by atoms with E-state index in [1.54, 1.807) is 30.2 Å². The van der Waals surface area contributed by atoms with Crippen molar-refractivity contribution < 1.29 is 8.42 Å². The molecule has 1 aromatic carbocycles. The number of aromatic nitrogens is 3. The minimum atomic E-state index is -3.38. The number of aryl methyl sites for hydroxylation is 1. The maximum atomic E-state index is 12.0. The fourth-order valence-electron chi connectivity index (χ4n) is 1.93. The van der Waals surface area contributed by atoms with Gasteiger partial charge in [-0.15, -0.1) is 0 Å². The molecular formula is C13H19N5O2S. The summed E-state index contributed by atoms with van der Waals surface area (Å²) in [6.07, 6.45) is 2.05. The lowest BCUT2D eigenvalue weighted by atomic mass is 10.1. The van der Waals surface area contributed by atoms with Crippen molar-refractivity contribution in [3.8, 4) is 0 Å². The second-order valence-corrected chi connectivity index (χ2v) is 6.57. The van der Waals surface area contributed by atoms with E-state index in [1.807, 2.05) is 12.1 Å². The molecule has 2 aromatic rings. The van der Waals surface area contributed by atoms with E-state index in [0.717, 1.165) is 11.1 Å². The van der Waals surface area contributed by atoms with Crippen LogP contribution in [0.2, 0.25) is 0 Å². The first kappa shape index (κ1) is 15.6. The summed E-state index contributed by atoms with van der Waals surface area (Å²) in [7, 11) is -1.61. The van der Waals surface area contributed by atoms with Crippen LogP contribution >= 0.6 is 0 Å². The Morgan fingerprint density at radius 1 is 1.33 bits per heavy atom. The van der Waals surface area contributed by atoms with Gasteiger partial charge in [-0.2, -0.15) is 5.10 Å². The summed E-state index contributed by atoms with van der Waals surface area (Å²) in [6, 6.07) is 7.26. The first-order valence-corrected chi connectivity index (χ1v) is 8.23. The Hall–Kier alpha value is -1.77. The van der Waals surface area contributed by atoms with Gasteiger partial charge in [0.25, 0.3) is 0 Å². The predicted molar refractivity (Wildman–Crippen MR) is 79.7 cm³/mol. The molecule has 114 valence electrons. The van der Waals surface area contributed by atoms with Crippen LogP contribution in [0.1, 0.15) is 17.0 Å². The zero-order valence-corrected chi connectivity index (χ0v) is 12.7. The summed E-state index contributed by atoms with van der Waals surface area (Å²) in [5.41, 5.74) is 7.19. The molecule has 0 saturated heterocycles. The van der Waals surface area contributed by atoms with Crippen LogP contribution in [-0.4, -0.2) is 29.7 Å². The Morgan fingerprint density at radius 2 is 2.10 bits per heavy atom. The third-order valence-corrected chi connectivity index (χ3v) is 4.26. The van der Waals surface area contributed by atoms with Gasteiger partial charge in [0.1, 0.15) is 6.33 Å². The van der Waals surface area contributed by atoms with Crippen LogP contribution in [0.5, 0.6) is 0 Å².